The Kier molecular flexibility index (Phi) is 3.81. The summed E-state index contributed by atoms with van der Waals surface area (Å²) in [5, 5.41) is 2.75. The summed E-state index contributed by atoms with van der Waals surface area (Å²) in [6, 6.07) is 4.85. The van der Waals surface area contributed by atoms with E-state index in [2.05, 4.69) is 31.1 Å². The second-order valence-corrected chi connectivity index (χ2v) is 6.31. The van der Waals surface area contributed by atoms with E-state index in [4.69, 9.17) is 10.2 Å². The van der Waals surface area contributed by atoms with Gasteiger partial charge in [-0.05, 0) is 30.5 Å². The van der Waals surface area contributed by atoms with E-state index in [-0.39, 0.29) is 11.3 Å². The number of nitrogens with one attached hydrogen (secondary N) is 1. The highest BCUT2D eigenvalue weighted by atomic mass is 16.3. The number of fused-ring (bicyclic) bond motifs is 1. The molecule has 0 bridgehead atoms. The Bertz CT molecular complexity index is 624. The summed E-state index contributed by atoms with van der Waals surface area (Å²) < 4.78 is 5.70. The van der Waals surface area contributed by atoms with Gasteiger partial charge < -0.3 is 15.5 Å². The van der Waals surface area contributed by atoms with Gasteiger partial charge in [0.15, 0.2) is 11.5 Å². The standard InChI is InChI=1S/C15H21N3O2/c1-9(16)14(19)17-10-5-6-12-11(7-10)18-13(20-12)8-15(2,3)4/h5-7,9H,8,16H2,1-4H3,(H,17,19)/t9-/m1/s1. The Morgan fingerprint density at radius 2 is 2.15 bits per heavy atom. The SMILES string of the molecule is C[C@@H](N)C(=O)Nc1ccc2oc(CC(C)(C)C)nc2c1. The maximum atomic E-state index is 11.6. The lowest BCUT2D eigenvalue weighted by Crippen LogP contribution is -2.32. The van der Waals surface area contributed by atoms with E-state index in [1.165, 1.54) is 0 Å². The van der Waals surface area contributed by atoms with Crippen LogP contribution in [-0.2, 0) is 11.2 Å². The third kappa shape index (κ3) is 3.57. The number of anilines is 1. The van der Waals surface area contributed by atoms with Gasteiger partial charge in [0.2, 0.25) is 5.91 Å². The lowest BCUT2D eigenvalue weighted by molar-refractivity contribution is -0.117. The van der Waals surface area contributed by atoms with E-state index < -0.39 is 6.04 Å². The maximum absolute atomic E-state index is 11.6. The van der Waals surface area contributed by atoms with Crippen molar-refractivity contribution in [1.29, 1.82) is 0 Å². The van der Waals surface area contributed by atoms with Crippen LogP contribution in [0.2, 0.25) is 0 Å². The third-order valence-electron chi connectivity index (χ3n) is 2.79. The van der Waals surface area contributed by atoms with Crippen molar-refractivity contribution in [3.8, 4) is 0 Å². The van der Waals surface area contributed by atoms with Crippen LogP contribution in [0.3, 0.4) is 0 Å². The highest BCUT2D eigenvalue weighted by Crippen LogP contribution is 2.25. The zero-order valence-electron chi connectivity index (χ0n) is 12.4. The van der Waals surface area contributed by atoms with Gasteiger partial charge in [-0.15, -0.1) is 0 Å². The smallest absolute Gasteiger partial charge is 0.240 e. The Hall–Kier alpha value is -1.88. The fraction of sp³-hybridized carbons (Fsp3) is 0.467. The predicted molar refractivity (Wildman–Crippen MR) is 79.4 cm³/mol. The lowest BCUT2D eigenvalue weighted by Gasteiger charge is -2.14. The number of hydrogen-bond acceptors (Lipinski definition) is 4. The van der Waals surface area contributed by atoms with Gasteiger partial charge >= 0.3 is 0 Å². The minimum atomic E-state index is -0.542. The highest BCUT2D eigenvalue weighted by Gasteiger charge is 2.16. The third-order valence-corrected chi connectivity index (χ3v) is 2.79. The van der Waals surface area contributed by atoms with Gasteiger partial charge in [0, 0.05) is 12.1 Å². The number of rotatable bonds is 3. The molecule has 2 aromatic rings. The molecule has 0 fully saturated rings. The maximum Gasteiger partial charge on any atom is 0.240 e. The second kappa shape index (κ2) is 5.25. The zero-order valence-corrected chi connectivity index (χ0v) is 12.4. The van der Waals surface area contributed by atoms with Crippen LogP contribution < -0.4 is 11.1 Å². The van der Waals surface area contributed by atoms with Gasteiger partial charge in [-0.1, -0.05) is 20.8 Å². The van der Waals surface area contributed by atoms with Crippen molar-refractivity contribution in [2.24, 2.45) is 11.1 Å². The number of aromatic nitrogens is 1. The summed E-state index contributed by atoms with van der Waals surface area (Å²) in [6.45, 7) is 8.05. The number of carbonyl (C=O) groups excluding carboxylic acids is 1. The van der Waals surface area contributed by atoms with Gasteiger partial charge in [-0.3, -0.25) is 4.79 Å². The molecule has 0 aliphatic heterocycles. The number of nitrogens with two attached hydrogens (primary N) is 1. The first kappa shape index (κ1) is 14.5. The predicted octanol–water partition coefficient (Wildman–Crippen LogP) is 2.70. The molecule has 2 rings (SSSR count). The van der Waals surface area contributed by atoms with Crippen molar-refractivity contribution in [1.82, 2.24) is 4.98 Å². The van der Waals surface area contributed by atoms with Crippen LogP contribution in [0, 0.1) is 5.41 Å². The van der Waals surface area contributed by atoms with Crippen LogP contribution in [0.25, 0.3) is 11.1 Å². The van der Waals surface area contributed by atoms with E-state index in [0.717, 1.165) is 17.5 Å². The fourth-order valence-corrected chi connectivity index (χ4v) is 1.84. The highest BCUT2D eigenvalue weighted by molar-refractivity contribution is 5.95. The van der Waals surface area contributed by atoms with Crippen molar-refractivity contribution in [2.45, 2.75) is 40.2 Å². The first-order valence-corrected chi connectivity index (χ1v) is 6.70. The molecule has 5 heteroatoms. The summed E-state index contributed by atoms with van der Waals surface area (Å²) in [6.07, 6.45) is 0.767. The molecular formula is C15H21N3O2. The van der Waals surface area contributed by atoms with E-state index >= 15 is 0 Å². The van der Waals surface area contributed by atoms with Crippen LogP contribution >= 0.6 is 0 Å². The molecule has 1 aromatic heterocycles. The quantitative estimate of drug-likeness (QED) is 0.902. The van der Waals surface area contributed by atoms with Crippen LogP contribution in [0.15, 0.2) is 22.6 Å². The molecule has 0 spiro atoms. The molecule has 1 atom stereocenters. The normalized spacial score (nSPS) is 13.4. The number of oxazole rings is 1. The largest absolute Gasteiger partial charge is 0.441 e. The minimum absolute atomic E-state index is 0.118. The molecule has 0 aliphatic carbocycles. The van der Waals surface area contributed by atoms with E-state index in [0.29, 0.717) is 11.6 Å². The monoisotopic (exact) mass is 275 g/mol. The Morgan fingerprint density at radius 1 is 1.45 bits per heavy atom. The molecule has 108 valence electrons. The fourth-order valence-electron chi connectivity index (χ4n) is 1.84. The number of amides is 1. The summed E-state index contributed by atoms with van der Waals surface area (Å²) >= 11 is 0. The van der Waals surface area contributed by atoms with Crippen molar-refractivity contribution in [3.05, 3.63) is 24.1 Å². The van der Waals surface area contributed by atoms with Crippen LogP contribution in [0.5, 0.6) is 0 Å². The molecule has 3 N–H and O–H groups in total. The molecule has 0 saturated heterocycles. The summed E-state index contributed by atoms with van der Waals surface area (Å²) in [7, 11) is 0. The molecule has 0 saturated carbocycles. The van der Waals surface area contributed by atoms with Gasteiger partial charge in [0.05, 0.1) is 6.04 Å². The van der Waals surface area contributed by atoms with Crippen LogP contribution in [0.4, 0.5) is 5.69 Å². The molecule has 0 unspecified atom stereocenters. The first-order chi connectivity index (χ1) is 9.24. The topological polar surface area (TPSA) is 81.2 Å². The number of nitrogens with zero attached hydrogens (tertiary/aromatic N) is 1. The van der Waals surface area contributed by atoms with Gasteiger partial charge in [-0.2, -0.15) is 0 Å². The minimum Gasteiger partial charge on any atom is -0.441 e. The Balaban J connectivity index is 2.24. The van der Waals surface area contributed by atoms with E-state index in [1.54, 1.807) is 19.1 Å². The Labute approximate surface area is 118 Å². The number of carbonyl (C=O) groups is 1. The second-order valence-electron chi connectivity index (χ2n) is 6.31. The average molecular weight is 275 g/mol. The average Bonchev–Trinajstić information content (AvgIpc) is 2.67. The van der Waals surface area contributed by atoms with Crippen molar-refractivity contribution in [3.63, 3.8) is 0 Å². The van der Waals surface area contributed by atoms with Crippen molar-refractivity contribution < 1.29 is 9.21 Å². The molecular weight excluding hydrogens is 254 g/mol. The van der Waals surface area contributed by atoms with E-state index in [1.807, 2.05) is 6.07 Å². The summed E-state index contributed by atoms with van der Waals surface area (Å²) in [5.74, 6) is 0.492. The van der Waals surface area contributed by atoms with Gasteiger partial charge in [-0.25, -0.2) is 4.98 Å². The van der Waals surface area contributed by atoms with Crippen LogP contribution in [0.1, 0.15) is 33.6 Å². The molecule has 1 heterocycles. The molecule has 5 nitrogen and oxygen atoms in total. The first-order valence-electron chi connectivity index (χ1n) is 6.70. The molecule has 0 radical (unpaired) electrons. The molecule has 1 aromatic carbocycles. The summed E-state index contributed by atoms with van der Waals surface area (Å²) in [5.41, 5.74) is 7.79. The number of benzene rings is 1. The molecule has 20 heavy (non-hydrogen) atoms. The molecule has 1 amide bonds. The summed E-state index contributed by atoms with van der Waals surface area (Å²) in [4.78, 5) is 16.0. The van der Waals surface area contributed by atoms with Crippen molar-refractivity contribution >= 4 is 22.7 Å². The number of hydrogen-bond donors (Lipinski definition) is 2. The van der Waals surface area contributed by atoms with Crippen molar-refractivity contribution in [2.75, 3.05) is 5.32 Å². The van der Waals surface area contributed by atoms with Gasteiger partial charge in [0.25, 0.3) is 0 Å². The molecule has 0 aliphatic rings. The van der Waals surface area contributed by atoms with Crippen LogP contribution in [-0.4, -0.2) is 16.9 Å². The van der Waals surface area contributed by atoms with Gasteiger partial charge in [0.1, 0.15) is 5.52 Å². The zero-order chi connectivity index (χ0) is 14.9. The Morgan fingerprint density at radius 3 is 2.75 bits per heavy atom. The van der Waals surface area contributed by atoms with E-state index in [9.17, 15) is 4.79 Å². The lowest BCUT2D eigenvalue weighted by atomic mass is 9.92.